The van der Waals surface area contributed by atoms with Crippen LogP contribution >= 0.6 is 0 Å². The number of aliphatic hydroxyl groups is 1. The summed E-state index contributed by atoms with van der Waals surface area (Å²) in [6.07, 6.45) is 2.22. The molecule has 1 aromatic rings. The predicted molar refractivity (Wildman–Crippen MR) is 97.7 cm³/mol. The summed E-state index contributed by atoms with van der Waals surface area (Å²) in [7, 11) is -1.66. The van der Waals surface area contributed by atoms with Gasteiger partial charge in [0.05, 0.1) is 6.61 Å². The maximum Gasteiger partial charge on any atom is 0.146 e. The van der Waals surface area contributed by atoms with Crippen molar-refractivity contribution in [2.75, 3.05) is 0 Å². The van der Waals surface area contributed by atoms with Crippen molar-refractivity contribution in [3.63, 3.8) is 0 Å². The monoisotopic (exact) mass is 314 g/mol. The fourth-order valence-corrected chi connectivity index (χ4v) is 9.50. The molecule has 2 rings (SSSR count). The van der Waals surface area contributed by atoms with E-state index in [1.165, 1.54) is 16.7 Å². The van der Waals surface area contributed by atoms with Crippen LogP contribution in [0.15, 0.2) is 12.1 Å². The van der Waals surface area contributed by atoms with Crippen molar-refractivity contribution < 1.29 is 5.11 Å². The molecule has 0 aliphatic heterocycles. The first-order chi connectivity index (χ1) is 10.3. The molecule has 0 heterocycles. The molecule has 1 N–H and O–H groups in total. The Morgan fingerprint density at radius 3 is 1.91 bits per heavy atom. The average molecular weight is 315 g/mol. The topological polar surface area (TPSA) is 20.2 Å². The molecule has 0 fully saturated rings. The molecular weight excluding hydrogens is 284 g/mol. The molecule has 0 unspecified atom stereocenters. The molecule has 1 aromatic carbocycles. The summed E-state index contributed by atoms with van der Waals surface area (Å²) in [5.74, 6) is 3.57. The second-order valence-corrected chi connectivity index (χ2v) is 13.1. The first-order valence-electron chi connectivity index (χ1n) is 8.62. The lowest BCUT2D eigenvalue weighted by molar-refractivity contribution is 0.279. The van der Waals surface area contributed by atoms with Crippen LogP contribution in [0.2, 0.25) is 16.6 Å². The number of benzene rings is 1. The molecule has 0 spiro atoms. The van der Waals surface area contributed by atoms with Gasteiger partial charge in [-0.3, -0.25) is 0 Å². The zero-order valence-electron chi connectivity index (χ0n) is 15.0. The third-order valence-corrected chi connectivity index (χ3v) is 11.9. The van der Waals surface area contributed by atoms with E-state index in [1.807, 2.05) is 0 Å². The fraction of sp³-hybridized carbons (Fsp3) is 0.600. The van der Waals surface area contributed by atoms with Crippen molar-refractivity contribution >= 4 is 8.07 Å². The van der Waals surface area contributed by atoms with Gasteiger partial charge in [0, 0.05) is 5.56 Å². The number of aliphatic hydroxyl groups excluding tert-OH is 1. The third-order valence-electron chi connectivity index (χ3n) is 5.60. The maximum atomic E-state index is 9.42. The van der Waals surface area contributed by atoms with Crippen molar-refractivity contribution in [1.29, 1.82) is 0 Å². The minimum absolute atomic E-state index is 0.151. The molecule has 0 amide bonds. The molecule has 120 valence electrons. The Morgan fingerprint density at radius 1 is 0.955 bits per heavy atom. The highest BCUT2D eigenvalue weighted by Gasteiger charge is 2.41. The van der Waals surface area contributed by atoms with E-state index in [0.29, 0.717) is 16.6 Å². The van der Waals surface area contributed by atoms with Crippen molar-refractivity contribution in [3.05, 3.63) is 34.4 Å². The highest BCUT2D eigenvalue weighted by Crippen LogP contribution is 2.41. The number of hydrogen-bond acceptors (Lipinski definition) is 1. The number of rotatable bonds is 4. The SMILES string of the molecule is CC(C)[Si](C#Cc1ccc(CO)c2c1CC2)(C(C)C)C(C)C. The Morgan fingerprint density at radius 2 is 1.50 bits per heavy atom. The van der Waals surface area contributed by atoms with Gasteiger partial charge in [-0.2, -0.15) is 0 Å². The quantitative estimate of drug-likeness (QED) is 0.622. The summed E-state index contributed by atoms with van der Waals surface area (Å²) < 4.78 is 0. The normalized spacial score (nSPS) is 13.9. The van der Waals surface area contributed by atoms with Crippen molar-refractivity contribution in [2.45, 2.75) is 77.6 Å². The van der Waals surface area contributed by atoms with E-state index in [-0.39, 0.29) is 6.61 Å². The first kappa shape index (κ1) is 17.3. The van der Waals surface area contributed by atoms with Gasteiger partial charge in [-0.1, -0.05) is 53.5 Å². The predicted octanol–water partition coefficient (Wildman–Crippen LogP) is 4.85. The van der Waals surface area contributed by atoms with Gasteiger partial charge in [0.15, 0.2) is 0 Å². The molecule has 1 aliphatic carbocycles. The zero-order chi connectivity index (χ0) is 16.5. The van der Waals surface area contributed by atoms with Gasteiger partial charge in [-0.25, -0.2) is 0 Å². The Balaban J connectivity index is 2.46. The van der Waals surface area contributed by atoms with E-state index in [9.17, 15) is 5.11 Å². The zero-order valence-corrected chi connectivity index (χ0v) is 16.0. The van der Waals surface area contributed by atoms with Gasteiger partial charge in [-0.05, 0) is 52.2 Å². The van der Waals surface area contributed by atoms with Gasteiger partial charge in [0.2, 0.25) is 0 Å². The summed E-state index contributed by atoms with van der Waals surface area (Å²) in [6, 6.07) is 4.18. The van der Waals surface area contributed by atoms with Crippen LogP contribution in [0.1, 0.15) is 63.8 Å². The molecule has 1 nitrogen and oxygen atoms in total. The van der Waals surface area contributed by atoms with Crippen LogP contribution in [0.25, 0.3) is 0 Å². The molecule has 0 radical (unpaired) electrons. The minimum Gasteiger partial charge on any atom is -0.392 e. The smallest absolute Gasteiger partial charge is 0.146 e. The highest BCUT2D eigenvalue weighted by molar-refractivity contribution is 6.90. The van der Waals surface area contributed by atoms with Crippen molar-refractivity contribution in [3.8, 4) is 11.5 Å². The Hall–Kier alpha value is -1.04. The van der Waals surface area contributed by atoms with Gasteiger partial charge in [0.25, 0.3) is 0 Å². The summed E-state index contributed by atoms with van der Waals surface area (Å²) in [5.41, 5.74) is 10.9. The van der Waals surface area contributed by atoms with Gasteiger partial charge >= 0.3 is 0 Å². The second kappa shape index (κ2) is 6.60. The van der Waals surface area contributed by atoms with E-state index in [0.717, 1.165) is 18.4 Å². The molecule has 1 aliphatic rings. The average Bonchev–Trinajstić information content (AvgIpc) is 2.39. The molecular formula is C20H30OSi. The van der Waals surface area contributed by atoms with E-state index in [1.54, 1.807) is 0 Å². The van der Waals surface area contributed by atoms with E-state index >= 15 is 0 Å². The lowest BCUT2D eigenvalue weighted by Gasteiger charge is -2.38. The first-order valence-corrected chi connectivity index (χ1v) is 10.8. The van der Waals surface area contributed by atoms with Gasteiger partial charge in [-0.15, -0.1) is 5.54 Å². The fourth-order valence-electron chi connectivity index (χ4n) is 4.29. The van der Waals surface area contributed by atoms with E-state index < -0.39 is 8.07 Å². The standard InChI is InChI=1S/C20H30OSi/c1-14(2)22(15(3)4,16(5)6)12-11-17-7-8-18(13-21)20-10-9-19(17)20/h7-8,14-16,21H,9-10,13H2,1-6H3. The second-order valence-electron chi connectivity index (χ2n) is 7.53. The molecule has 22 heavy (non-hydrogen) atoms. The van der Waals surface area contributed by atoms with E-state index in [2.05, 4.69) is 65.1 Å². The molecule has 0 aromatic heterocycles. The Kier molecular flexibility index (Phi) is 5.20. The lowest BCUT2D eigenvalue weighted by Crippen LogP contribution is -2.43. The summed E-state index contributed by atoms with van der Waals surface area (Å²) in [6.45, 7) is 14.3. The maximum absolute atomic E-state index is 9.42. The summed E-state index contributed by atoms with van der Waals surface area (Å²) in [5, 5.41) is 9.42. The summed E-state index contributed by atoms with van der Waals surface area (Å²) in [4.78, 5) is 0. The largest absolute Gasteiger partial charge is 0.392 e. The van der Waals surface area contributed by atoms with Crippen LogP contribution < -0.4 is 0 Å². The Labute approximate surface area is 137 Å². The molecule has 0 saturated carbocycles. The molecule has 0 bridgehead atoms. The number of hydrogen-bond donors (Lipinski definition) is 1. The molecule has 0 saturated heterocycles. The molecule has 2 heteroatoms. The minimum atomic E-state index is -1.66. The van der Waals surface area contributed by atoms with Crippen LogP contribution in [-0.2, 0) is 19.4 Å². The van der Waals surface area contributed by atoms with Crippen LogP contribution in [0, 0.1) is 11.5 Å². The number of fused-ring (bicyclic) bond motifs is 1. The van der Waals surface area contributed by atoms with E-state index in [4.69, 9.17) is 0 Å². The third kappa shape index (κ3) is 2.77. The Bertz CT molecular complexity index is 580. The van der Waals surface area contributed by atoms with Crippen LogP contribution in [0.5, 0.6) is 0 Å². The highest BCUT2D eigenvalue weighted by atomic mass is 28.3. The van der Waals surface area contributed by atoms with Crippen molar-refractivity contribution in [2.24, 2.45) is 0 Å². The van der Waals surface area contributed by atoms with Gasteiger partial charge in [0.1, 0.15) is 8.07 Å². The lowest BCUT2D eigenvalue weighted by atomic mass is 9.82. The summed E-state index contributed by atoms with van der Waals surface area (Å²) >= 11 is 0. The molecule has 0 atom stereocenters. The van der Waals surface area contributed by atoms with Crippen LogP contribution in [0.4, 0.5) is 0 Å². The van der Waals surface area contributed by atoms with Crippen LogP contribution in [0.3, 0.4) is 0 Å². The van der Waals surface area contributed by atoms with Crippen molar-refractivity contribution in [1.82, 2.24) is 0 Å². The van der Waals surface area contributed by atoms with Gasteiger partial charge < -0.3 is 5.11 Å². The van der Waals surface area contributed by atoms with Crippen LogP contribution in [-0.4, -0.2) is 13.2 Å².